The van der Waals surface area contributed by atoms with E-state index in [4.69, 9.17) is 10.00 Å². The number of anilines is 1. The fraction of sp³-hybridized carbons (Fsp3) is 0.100. The van der Waals surface area contributed by atoms with Crippen LogP contribution in [0.15, 0.2) is 66.0 Å². The van der Waals surface area contributed by atoms with E-state index in [-0.39, 0.29) is 12.3 Å². The number of hydrogen-bond acceptors (Lipinski definition) is 4. The van der Waals surface area contributed by atoms with Gasteiger partial charge in [-0.15, -0.1) is 11.3 Å². The molecule has 0 aliphatic rings. The maximum Gasteiger partial charge on any atom is 0.227 e. The van der Waals surface area contributed by atoms with Gasteiger partial charge in [0.15, 0.2) is 0 Å². The van der Waals surface area contributed by atoms with E-state index in [1.54, 1.807) is 35.6 Å². The van der Waals surface area contributed by atoms with Crippen LogP contribution in [-0.4, -0.2) is 12.5 Å². The summed E-state index contributed by atoms with van der Waals surface area (Å²) in [6.07, 6.45) is 0.240. The molecule has 0 bridgehead atoms. The summed E-state index contributed by atoms with van der Waals surface area (Å²) in [7, 11) is 0. The summed E-state index contributed by atoms with van der Waals surface area (Å²) < 4.78 is 5.62. The molecule has 2 aromatic carbocycles. The molecule has 1 amide bonds. The van der Waals surface area contributed by atoms with Gasteiger partial charge >= 0.3 is 0 Å². The van der Waals surface area contributed by atoms with Crippen LogP contribution in [-0.2, 0) is 4.79 Å². The van der Waals surface area contributed by atoms with Gasteiger partial charge in [0.05, 0.1) is 24.7 Å². The molecule has 1 heterocycles. The highest BCUT2D eigenvalue weighted by molar-refractivity contribution is 7.13. The van der Waals surface area contributed by atoms with Crippen LogP contribution >= 0.6 is 11.3 Å². The smallest absolute Gasteiger partial charge is 0.227 e. The molecule has 0 fully saturated rings. The standard InChI is InChI=1S/C20H16N2O2S/c21-14-15-3-1-4-17(13-15)22-20(23)10-11-24-18-8-6-16(7-9-18)19-5-2-12-25-19/h1-9,12-13H,10-11H2,(H,22,23). The first-order valence-corrected chi connectivity index (χ1v) is 8.69. The predicted octanol–water partition coefficient (Wildman–Crippen LogP) is 4.69. The van der Waals surface area contributed by atoms with Crippen LogP contribution < -0.4 is 10.1 Å². The van der Waals surface area contributed by atoms with E-state index in [9.17, 15) is 4.79 Å². The summed E-state index contributed by atoms with van der Waals surface area (Å²) >= 11 is 1.69. The van der Waals surface area contributed by atoms with Crippen molar-refractivity contribution in [1.29, 1.82) is 5.26 Å². The Kier molecular flexibility index (Phi) is 5.45. The van der Waals surface area contributed by atoms with Crippen LogP contribution in [0.3, 0.4) is 0 Å². The van der Waals surface area contributed by atoms with E-state index in [1.807, 2.05) is 41.8 Å². The van der Waals surface area contributed by atoms with Gasteiger partial charge in [0.2, 0.25) is 5.91 Å². The van der Waals surface area contributed by atoms with Gasteiger partial charge in [-0.1, -0.05) is 12.1 Å². The predicted molar refractivity (Wildman–Crippen MR) is 99.7 cm³/mol. The Balaban J connectivity index is 1.47. The molecule has 0 aliphatic heterocycles. The molecule has 3 rings (SSSR count). The molecular weight excluding hydrogens is 332 g/mol. The van der Waals surface area contributed by atoms with Crippen LogP contribution in [0.5, 0.6) is 5.75 Å². The second-order valence-electron chi connectivity index (χ2n) is 5.34. The number of carbonyl (C=O) groups excluding carboxylic acids is 1. The fourth-order valence-corrected chi connectivity index (χ4v) is 3.04. The first-order valence-electron chi connectivity index (χ1n) is 7.81. The Bertz CT molecular complexity index is 881. The van der Waals surface area contributed by atoms with Gasteiger partial charge < -0.3 is 10.1 Å². The molecule has 0 radical (unpaired) electrons. The molecule has 0 saturated carbocycles. The number of benzene rings is 2. The van der Waals surface area contributed by atoms with Crippen molar-refractivity contribution in [3.8, 4) is 22.3 Å². The summed E-state index contributed by atoms with van der Waals surface area (Å²) in [5, 5.41) is 13.7. The second kappa shape index (κ2) is 8.13. The number of thiophene rings is 1. The van der Waals surface area contributed by atoms with Crippen molar-refractivity contribution in [3.63, 3.8) is 0 Å². The highest BCUT2D eigenvalue weighted by atomic mass is 32.1. The first kappa shape index (κ1) is 16.7. The van der Waals surface area contributed by atoms with E-state index in [0.29, 0.717) is 17.9 Å². The van der Waals surface area contributed by atoms with Crippen molar-refractivity contribution in [1.82, 2.24) is 0 Å². The molecule has 0 saturated heterocycles. The Morgan fingerprint density at radius 1 is 1.12 bits per heavy atom. The molecule has 0 spiro atoms. The third kappa shape index (κ3) is 4.69. The van der Waals surface area contributed by atoms with E-state index < -0.39 is 0 Å². The Morgan fingerprint density at radius 2 is 1.96 bits per heavy atom. The number of nitriles is 1. The molecule has 0 aliphatic carbocycles. The highest BCUT2D eigenvalue weighted by Crippen LogP contribution is 2.26. The third-order valence-corrected chi connectivity index (χ3v) is 4.45. The molecule has 4 nitrogen and oxygen atoms in total. The Hall–Kier alpha value is -3.10. The summed E-state index contributed by atoms with van der Waals surface area (Å²) in [5.74, 6) is 0.588. The number of ether oxygens (including phenoxy) is 1. The van der Waals surface area contributed by atoms with Crippen molar-refractivity contribution < 1.29 is 9.53 Å². The molecule has 0 atom stereocenters. The summed E-state index contributed by atoms with van der Waals surface area (Å²) in [6.45, 7) is 0.294. The number of hydrogen-bond donors (Lipinski definition) is 1. The number of amides is 1. The van der Waals surface area contributed by atoms with Crippen molar-refractivity contribution in [2.75, 3.05) is 11.9 Å². The summed E-state index contributed by atoms with van der Waals surface area (Å²) in [6, 6.07) is 20.8. The van der Waals surface area contributed by atoms with Crippen LogP contribution in [0, 0.1) is 11.3 Å². The summed E-state index contributed by atoms with van der Waals surface area (Å²) in [4.78, 5) is 13.2. The van der Waals surface area contributed by atoms with Crippen LogP contribution in [0.25, 0.3) is 10.4 Å². The average Bonchev–Trinajstić information content (AvgIpc) is 3.17. The average molecular weight is 348 g/mol. The lowest BCUT2D eigenvalue weighted by Gasteiger charge is -2.08. The number of carbonyl (C=O) groups is 1. The molecular formula is C20H16N2O2S. The monoisotopic (exact) mass is 348 g/mol. The van der Waals surface area contributed by atoms with E-state index in [2.05, 4.69) is 11.4 Å². The Labute approximate surface area is 150 Å². The zero-order chi connectivity index (χ0) is 17.5. The third-order valence-electron chi connectivity index (χ3n) is 3.53. The molecule has 1 N–H and O–H groups in total. The van der Waals surface area contributed by atoms with Crippen molar-refractivity contribution in [2.45, 2.75) is 6.42 Å². The Morgan fingerprint density at radius 3 is 2.68 bits per heavy atom. The fourth-order valence-electron chi connectivity index (χ4n) is 2.31. The van der Waals surface area contributed by atoms with Gasteiger partial charge in [-0.2, -0.15) is 5.26 Å². The normalized spacial score (nSPS) is 10.0. The lowest BCUT2D eigenvalue weighted by molar-refractivity contribution is -0.116. The van der Waals surface area contributed by atoms with Crippen molar-refractivity contribution in [3.05, 3.63) is 71.6 Å². The molecule has 1 aromatic heterocycles. The molecule has 0 unspecified atom stereocenters. The topological polar surface area (TPSA) is 62.1 Å². The zero-order valence-corrected chi connectivity index (χ0v) is 14.3. The molecule has 25 heavy (non-hydrogen) atoms. The quantitative estimate of drug-likeness (QED) is 0.702. The van der Waals surface area contributed by atoms with E-state index >= 15 is 0 Å². The van der Waals surface area contributed by atoms with Gasteiger partial charge in [-0.3, -0.25) is 4.79 Å². The molecule has 3 aromatic rings. The lowest BCUT2D eigenvalue weighted by atomic mass is 10.2. The SMILES string of the molecule is N#Cc1cccc(NC(=O)CCOc2ccc(-c3cccs3)cc2)c1. The van der Waals surface area contributed by atoms with Gasteiger partial charge in [-0.25, -0.2) is 0 Å². The van der Waals surface area contributed by atoms with Crippen LogP contribution in [0.2, 0.25) is 0 Å². The number of nitrogens with zero attached hydrogens (tertiary/aromatic N) is 1. The van der Waals surface area contributed by atoms with Crippen LogP contribution in [0.4, 0.5) is 5.69 Å². The van der Waals surface area contributed by atoms with Gasteiger partial charge in [0, 0.05) is 10.6 Å². The largest absolute Gasteiger partial charge is 0.493 e. The second-order valence-corrected chi connectivity index (χ2v) is 6.29. The maximum atomic E-state index is 11.9. The molecule has 5 heteroatoms. The van der Waals surface area contributed by atoms with Crippen molar-refractivity contribution >= 4 is 22.9 Å². The van der Waals surface area contributed by atoms with Crippen molar-refractivity contribution in [2.24, 2.45) is 0 Å². The zero-order valence-electron chi connectivity index (χ0n) is 13.4. The summed E-state index contributed by atoms with van der Waals surface area (Å²) in [5.41, 5.74) is 2.28. The van der Waals surface area contributed by atoms with Gasteiger partial charge in [0.25, 0.3) is 0 Å². The minimum absolute atomic E-state index is 0.148. The number of nitrogens with one attached hydrogen (secondary N) is 1. The number of rotatable bonds is 6. The minimum Gasteiger partial charge on any atom is -0.493 e. The maximum absolute atomic E-state index is 11.9. The van der Waals surface area contributed by atoms with Crippen LogP contribution in [0.1, 0.15) is 12.0 Å². The molecule has 124 valence electrons. The van der Waals surface area contributed by atoms with E-state index in [0.717, 1.165) is 11.3 Å². The van der Waals surface area contributed by atoms with E-state index in [1.165, 1.54) is 4.88 Å². The van der Waals surface area contributed by atoms with Gasteiger partial charge in [-0.05, 0) is 59.5 Å². The highest BCUT2D eigenvalue weighted by Gasteiger charge is 2.04. The lowest BCUT2D eigenvalue weighted by Crippen LogP contribution is -2.15. The first-order chi connectivity index (χ1) is 12.2. The minimum atomic E-state index is -0.148. The van der Waals surface area contributed by atoms with Gasteiger partial charge in [0.1, 0.15) is 5.75 Å².